The van der Waals surface area contributed by atoms with Crippen LogP contribution < -0.4 is 11.1 Å². The first-order valence-electron chi connectivity index (χ1n) is 5.43. The van der Waals surface area contributed by atoms with Crippen molar-refractivity contribution >= 4 is 17.2 Å². The van der Waals surface area contributed by atoms with E-state index in [9.17, 15) is 4.79 Å². The molecule has 1 aromatic rings. The minimum atomic E-state index is -0.409. The van der Waals surface area contributed by atoms with Gasteiger partial charge < -0.3 is 11.1 Å². The second-order valence-electron chi connectivity index (χ2n) is 4.31. The van der Waals surface area contributed by atoms with Gasteiger partial charge in [0.15, 0.2) is 0 Å². The van der Waals surface area contributed by atoms with Crippen LogP contribution >= 0.6 is 11.3 Å². The van der Waals surface area contributed by atoms with Crippen molar-refractivity contribution in [1.29, 1.82) is 0 Å². The number of aromatic nitrogens is 1. The molecule has 3 N–H and O–H groups in total. The second-order valence-corrected chi connectivity index (χ2v) is 5.25. The van der Waals surface area contributed by atoms with Crippen LogP contribution in [0.1, 0.15) is 30.8 Å². The molecule has 5 heteroatoms. The highest BCUT2D eigenvalue weighted by Gasteiger charge is 2.14. The van der Waals surface area contributed by atoms with Crippen molar-refractivity contribution in [3.05, 3.63) is 16.1 Å². The molecule has 1 unspecified atom stereocenters. The number of nitrogens with zero attached hydrogens (tertiary/aromatic N) is 1. The molecule has 0 aliphatic heterocycles. The molecule has 1 heterocycles. The Hall–Kier alpha value is -0.940. The molecule has 4 nitrogen and oxygen atoms in total. The average molecular weight is 241 g/mol. The third-order valence-corrected chi connectivity index (χ3v) is 3.27. The number of hydrogen-bond donors (Lipinski definition) is 2. The van der Waals surface area contributed by atoms with E-state index in [1.54, 1.807) is 16.8 Å². The van der Waals surface area contributed by atoms with Crippen LogP contribution in [0.25, 0.3) is 0 Å². The normalized spacial score (nSPS) is 12.8. The number of nitrogens with two attached hydrogens (primary N) is 1. The molecule has 0 saturated carbocycles. The van der Waals surface area contributed by atoms with Crippen LogP contribution in [-0.2, 0) is 11.3 Å². The molecule has 1 atom stereocenters. The predicted molar refractivity (Wildman–Crippen MR) is 66.1 cm³/mol. The summed E-state index contributed by atoms with van der Waals surface area (Å²) in [5.41, 5.74) is 8.53. The van der Waals surface area contributed by atoms with Gasteiger partial charge in [-0.15, -0.1) is 11.3 Å². The summed E-state index contributed by atoms with van der Waals surface area (Å²) in [5, 5.41) is 2.84. The number of aryl methyl sites for hydroxylation is 1. The molecule has 0 saturated heterocycles. The lowest BCUT2D eigenvalue weighted by Crippen LogP contribution is -2.40. The lowest BCUT2D eigenvalue weighted by atomic mass is 10.0. The third kappa shape index (κ3) is 3.90. The Kier molecular flexibility index (Phi) is 4.89. The van der Waals surface area contributed by atoms with Gasteiger partial charge in [0.1, 0.15) is 0 Å². The number of carbonyl (C=O) groups excluding carboxylic acids is 1. The SMILES string of the molecule is Cc1ncsc1CNC(=O)C(N)CC(C)C. The van der Waals surface area contributed by atoms with Gasteiger partial charge in [-0.25, -0.2) is 4.98 Å². The predicted octanol–water partition coefficient (Wildman–Crippen LogP) is 1.44. The lowest BCUT2D eigenvalue weighted by molar-refractivity contribution is -0.122. The second kappa shape index (κ2) is 5.96. The standard InChI is InChI=1S/C11H19N3OS/c1-7(2)4-9(12)11(15)13-5-10-8(3)14-6-16-10/h6-7,9H,4-5,12H2,1-3H3,(H,13,15). The maximum absolute atomic E-state index is 11.6. The highest BCUT2D eigenvalue weighted by Crippen LogP contribution is 2.11. The van der Waals surface area contributed by atoms with E-state index in [0.717, 1.165) is 10.6 Å². The molecule has 0 radical (unpaired) electrons. The van der Waals surface area contributed by atoms with Crippen molar-refractivity contribution in [3.8, 4) is 0 Å². The third-order valence-electron chi connectivity index (χ3n) is 2.33. The van der Waals surface area contributed by atoms with E-state index >= 15 is 0 Å². The molecular weight excluding hydrogens is 222 g/mol. The van der Waals surface area contributed by atoms with Crippen LogP contribution in [-0.4, -0.2) is 16.9 Å². The van der Waals surface area contributed by atoms with Gasteiger partial charge in [-0.05, 0) is 19.3 Å². The zero-order chi connectivity index (χ0) is 12.1. The summed E-state index contributed by atoms with van der Waals surface area (Å²) >= 11 is 1.55. The first kappa shape index (κ1) is 13.1. The Morgan fingerprint density at radius 3 is 2.81 bits per heavy atom. The number of hydrogen-bond acceptors (Lipinski definition) is 4. The maximum atomic E-state index is 11.6. The molecule has 1 rings (SSSR count). The molecule has 1 amide bonds. The van der Waals surface area contributed by atoms with Gasteiger partial charge >= 0.3 is 0 Å². The van der Waals surface area contributed by atoms with E-state index in [1.807, 2.05) is 6.92 Å². The average Bonchev–Trinajstić information content (AvgIpc) is 2.59. The fourth-order valence-corrected chi connectivity index (χ4v) is 2.13. The van der Waals surface area contributed by atoms with Gasteiger partial charge in [-0.1, -0.05) is 13.8 Å². The highest BCUT2D eigenvalue weighted by atomic mass is 32.1. The van der Waals surface area contributed by atoms with E-state index in [4.69, 9.17) is 5.73 Å². The molecule has 0 aliphatic rings. The Balaban J connectivity index is 2.38. The summed E-state index contributed by atoms with van der Waals surface area (Å²) in [6.45, 7) is 6.58. The summed E-state index contributed by atoms with van der Waals surface area (Å²) in [6, 6.07) is -0.409. The van der Waals surface area contributed by atoms with Crippen LogP contribution in [0.5, 0.6) is 0 Å². The van der Waals surface area contributed by atoms with Crippen LogP contribution in [0.4, 0.5) is 0 Å². The first-order chi connectivity index (χ1) is 7.50. The van der Waals surface area contributed by atoms with E-state index in [1.165, 1.54) is 0 Å². The number of thiazole rings is 1. The van der Waals surface area contributed by atoms with E-state index in [-0.39, 0.29) is 5.91 Å². The van der Waals surface area contributed by atoms with Gasteiger partial charge in [0.25, 0.3) is 0 Å². The van der Waals surface area contributed by atoms with Gasteiger partial charge in [0.2, 0.25) is 5.91 Å². The van der Waals surface area contributed by atoms with Crippen LogP contribution in [0.2, 0.25) is 0 Å². The Bertz CT molecular complexity index is 349. The zero-order valence-corrected chi connectivity index (χ0v) is 10.8. The largest absolute Gasteiger partial charge is 0.350 e. The molecule has 0 spiro atoms. The number of carbonyl (C=O) groups is 1. The van der Waals surface area contributed by atoms with Crippen molar-refractivity contribution in [3.63, 3.8) is 0 Å². The molecule has 1 aromatic heterocycles. The van der Waals surface area contributed by atoms with Crippen molar-refractivity contribution < 1.29 is 4.79 Å². The molecule has 16 heavy (non-hydrogen) atoms. The smallest absolute Gasteiger partial charge is 0.237 e. The Morgan fingerprint density at radius 2 is 2.31 bits per heavy atom. The van der Waals surface area contributed by atoms with Crippen molar-refractivity contribution in [2.24, 2.45) is 11.7 Å². The van der Waals surface area contributed by atoms with Crippen molar-refractivity contribution in [1.82, 2.24) is 10.3 Å². The summed E-state index contributed by atoms with van der Waals surface area (Å²) in [4.78, 5) is 16.8. The van der Waals surface area contributed by atoms with Gasteiger partial charge in [0, 0.05) is 4.88 Å². The molecular formula is C11H19N3OS. The monoisotopic (exact) mass is 241 g/mol. The van der Waals surface area contributed by atoms with Crippen molar-refractivity contribution in [2.75, 3.05) is 0 Å². The number of nitrogens with one attached hydrogen (secondary N) is 1. The summed E-state index contributed by atoms with van der Waals surface area (Å²) in [7, 11) is 0. The summed E-state index contributed by atoms with van der Waals surface area (Å²) in [5.74, 6) is 0.354. The van der Waals surface area contributed by atoms with E-state index < -0.39 is 6.04 Å². The Morgan fingerprint density at radius 1 is 1.62 bits per heavy atom. The van der Waals surface area contributed by atoms with Gasteiger partial charge in [-0.2, -0.15) is 0 Å². The lowest BCUT2D eigenvalue weighted by Gasteiger charge is -2.13. The van der Waals surface area contributed by atoms with E-state index in [2.05, 4.69) is 24.1 Å². The molecule has 90 valence electrons. The Labute approximate surface area is 100 Å². The fourth-order valence-electron chi connectivity index (χ4n) is 1.41. The van der Waals surface area contributed by atoms with Crippen LogP contribution in [0.15, 0.2) is 5.51 Å². The minimum absolute atomic E-state index is 0.0819. The molecule has 0 bridgehead atoms. The minimum Gasteiger partial charge on any atom is -0.350 e. The quantitative estimate of drug-likeness (QED) is 0.819. The van der Waals surface area contributed by atoms with Crippen LogP contribution in [0, 0.1) is 12.8 Å². The first-order valence-corrected chi connectivity index (χ1v) is 6.31. The van der Waals surface area contributed by atoms with Gasteiger partial charge in [0.05, 0.1) is 23.8 Å². The van der Waals surface area contributed by atoms with E-state index in [0.29, 0.717) is 18.9 Å². The van der Waals surface area contributed by atoms with Crippen LogP contribution in [0.3, 0.4) is 0 Å². The summed E-state index contributed by atoms with van der Waals surface area (Å²) in [6.07, 6.45) is 0.716. The maximum Gasteiger partial charge on any atom is 0.237 e. The molecule has 0 aliphatic carbocycles. The topological polar surface area (TPSA) is 68.0 Å². The van der Waals surface area contributed by atoms with Crippen molar-refractivity contribution in [2.45, 2.75) is 39.8 Å². The van der Waals surface area contributed by atoms with Gasteiger partial charge in [-0.3, -0.25) is 4.79 Å². The fraction of sp³-hybridized carbons (Fsp3) is 0.636. The molecule has 0 aromatic carbocycles. The summed E-state index contributed by atoms with van der Waals surface area (Å²) < 4.78 is 0. The highest BCUT2D eigenvalue weighted by molar-refractivity contribution is 7.09. The number of amides is 1. The number of rotatable bonds is 5. The molecule has 0 fully saturated rings. The zero-order valence-electron chi connectivity index (χ0n) is 9.99.